The van der Waals surface area contributed by atoms with Crippen molar-refractivity contribution in [2.45, 2.75) is 38.6 Å². The van der Waals surface area contributed by atoms with Gasteiger partial charge in [-0.3, -0.25) is 0 Å². The Balaban J connectivity index is 3.14. The number of aryl methyl sites for hydroxylation is 1. The van der Waals surface area contributed by atoms with Crippen LogP contribution in [0.25, 0.3) is 0 Å². The average Bonchev–Trinajstić information content (AvgIpc) is 2.32. The van der Waals surface area contributed by atoms with Crippen molar-refractivity contribution in [3.05, 3.63) is 23.0 Å². The first-order valence-electron chi connectivity index (χ1n) is 6.36. The summed E-state index contributed by atoms with van der Waals surface area (Å²) >= 11 is 1.65. The average molecular weight is 320 g/mol. The van der Waals surface area contributed by atoms with Crippen LogP contribution in [0.1, 0.15) is 25.0 Å². The minimum absolute atomic E-state index is 0.0738. The number of benzene rings is 1. The molecule has 1 unspecified atom stereocenters. The maximum atomic E-state index is 13.5. The first-order chi connectivity index (χ1) is 9.20. The molecule has 0 radical (unpaired) electrons. The van der Waals surface area contributed by atoms with Crippen LogP contribution in [-0.4, -0.2) is 26.0 Å². The van der Waals surface area contributed by atoms with Crippen LogP contribution in [0.3, 0.4) is 0 Å². The zero-order valence-corrected chi connectivity index (χ0v) is 13.8. The molecule has 0 aromatic heterocycles. The summed E-state index contributed by atoms with van der Waals surface area (Å²) < 4.78 is 40.9. The second-order valence-corrected chi connectivity index (χ2v) is 7.69. The van der Waals surface area contributed by atoms with Crippen molar-refractivity contribution < 1.29 is 12.8 Å². The van der Waals surface area contributed by atoms with Crippen molar-refractivity contribution in [3.8, 4) is 0 Å². The van der Waals surface area contributed by atoms with Crippen LogP contribution >= 0.6 is 11.8 Å². The third-order valence-corrected chi connectivity index (χ3v) is 5.92. The Morgan fingerprint density at radius 3 is 2.60 bits per heavy atom. The van der Waals surface area contributed by atoms with Gasteiger partial charge in [-0.2, -0.15) is 11.8 Å². The predicted molar refractivity (Wildman–Crippen MR) is 83.1 cm³/mol. The zero-order valence-electron chi connectivity index (χ0n) is 12.2. The molecule has 1 aromatic carbocycles. The van der Waals surface area contributed by atoms with Gasteiger partial charge in [0.25, 0.3) is 0 Å². The van der Waals surface area contributed by atoms with Crippen molar-refractivity contribution in [3.63, 3.8) is 0 Å². The van der Waals surface area contributed by atoms with Crippen LogP contribution in [0, 0.1) is 19.7 Å². The first-order valence-corrected chi connectivity index (χ1v) is 8.99. The minimum Gasteiger partial charge on any atom is -0.396 e. The lowest BCUT2D eigenvalue weighted by Gasteiger charge is -2.17. The summed E-state index contributed by atoms with van der Waals surface area (Å²) in [4.78, 5) is 0.0738. The summed E-state index contributed by atoms with van der Waals surface area (Å²) in [5.74, 6) is 1.02. The number of nitrogens with two attached hydrogens (primary N) is 1. The summed E-state index contributed by atoms with van der Waals surface area (Å²) in [5.41, 5.74) is 6.08. The molecule has 0 aliphatic carbocycles. The van der Waals surface area contributed by atoms with Gasteiger partial charge in [-0.05, 0) is 43.7 Å². The lowest BCUT2D eigenvalue weighted by Crippen LogP contribution is -2.35. The first kappa shape index (κ1) is 17.3. The van der Waals surface area contributed by atoms with E-state index in [1.807, 2.05) is 6.92 Å². The highest BCUT2D eigenvalue weighted by molar-refractivity contribution is 7.99. The number of anilines is 1. The molecule has 0 heterocycles. The molecule has 7 heteroatoms. The van der Waals surface area contributed by atoms with E-state index in [0.29, 0.717) is 11.3 Å². The predicted octanol–water partition coefficient (Wildman–Crippen LogP) is 2.44. The lowest BCUT2D eigenvalue weighted by atomic mass is 10.1. The van der Waals surface area contributed by atoms with Gasteiger partial charge in [0.15, 0.2) is 0 Å². The van der Waals surface area contributed by atoms with Gasteiger partial charge >= 0.3 is 0 Å². The quantitative estimate of drug-likeness (QED) is 0.790. The summed E-state index contributed by atoms with van der Waals surface area (Å²) in [7, 11) is -3.70. The van der Waals surface area contributed by atoms with Crippen molar-refractivity contribution in [2.75, 3.05) is 17.2 Å². The SMILES string of the molecule is CCSCC(C)NS(=O)(=O)c1c(C)cc(F)c(N)c1C. The third kappa shape index (κ3) is 3.86. The Morgan fingerprint density at radius 2 is 2.05 bits per heavy atom. The van der Waals surface area contributed by atoms with Crippen LogP contribution in [0.15, 0.2) is 11.0 Å². The van der Waals surface area contributed by atoms with Crippen LogP contribution < -0.4 is 10.5 Å². The Bertz CT molecular complexity index is 589. The molecular formula is C13H21FN2O2S2. The van der Waals surface area contributed by atoms with Crippen LogP contribution in [0.2, 0.25) is 0 Å². The molecule has 0 fully saturated rings. The molecule has 20 heavy (non-hydrogen) atoms. The number of thioether (sulfide) groups is 1. The monoisotopic (exact) mass is 320 g/mol. The smallest absolute Gasteiger partial charge is 0.241 e. The van der Waals surface area contributed by atoms with Crippen molar-refractivity contribution in [1.82, 2.24) is 4.72 Å². The second kappa shape index (κ2) is 6.78. The van der Waals surface area contributed by atoms with Gasteiger partial charge in [0.1, 0.15) is 5.82 Å². The standard InChI is InChI=1S/C13H21FN2O2S2/c1-5-19-7-9(3)16-20(17,18)13-8(2)6-11(14)12(15)10(13)4/h6,9,16H,5,7,15H2,1-4H3. The normalized spacial score (nSPS) is 13.4. The molecule has 0 aliphatic rings. The van der Waals surface area contributed by atoms with Crippen LogP contribution in [0.5, 0.6) is 0 Å². The molecule has 3 N–H and O–H groups in total. The van der Waals surface area contributed by atoms with Gasteiger partial charge < -0.3 is 5.73 Å². The molecule has 114 valence electrons. The Hall–Kier alpha value is -0.790. The maximum Gasteiger partial charge on any atom is 0.241 e. The lowest BCUT2D eigenvalue weighted by molar-refractivity contribution is 0.569. The fourth-order valence-electron chi connectivity index (χ4n) is 2.00. The highest BCUT2D eigenvalue weighted by Gasteiger charge is 2.24. The van der Waals surface area contributed by atoms with Crippen molar-refractivity contribution in [1.29, 1.82) is 0 Å². The highest BCUT2D eigenvalue weighted by atomic mass is 32.2. The minimum atomic E-state index is -3.70. The topological polar surface area (TPSA) is 72.2 Å². The number of rotatable bonds is 6. The molecular weight excluding hydrogens is 299 g/mol. The van der Waals surface area contributed by atoms with Gasteiger partial charge in [0.05, 0.1) is 10.6 Å². The number of nitrogen functional groups attached to an aromatic ring is 1. The molecule has 0 spiro atoms. The number of hydrogen-bond donors (Lipinski definition) is 2. The second-order valence-electron chi connectivity index (χ2n) is 4.72. The van der Waals surface area contributed by atoms with Crippen LogP contribution in [0.4, 0.5) is 10.1 Å². The van der Waals surface area contributed by atoms with Crippen LogP contribution in [-0.2, 0) is 10.0 Å². The van der Waals surface area contributed by atoms with E-state index in [4.69, 9.17) is 5.73 Å². The summed E-state index contributed by atoms with van der Waals surface area (Å²) in [6.45, 7) is 6.90. The van der Waals surface area contributed by atoms with E-state index in [-0.39, 0.29) is 22.2 Å². The number of nitrogens with one attached hydrogen (secondary N) is 1. The number of sulfonamides is 1. The molecule has 4 nitrogen and oxygen atoms in total. The summed E-state index contributed by atoms with van der Waals surface area (Å²) in [5, 5.41) is 0. The van der Waals surface area contributed by atoms with Gasteiger partial charge in [-0.25, -0.2) is 17.5 Å². The molecule has 0 bridgehead atoms. The third-order valence-electron chi connectivity index (χ3n) is 2.90. The fraction of sp³-hybridized carbons (Fsp3) is 0.538. The van der Waals surface area contributed by atoms with Gasteiger partial charge in [0, 0.05) is 11.8 Å². The van der Waals surface area contributed by atoms with Gasteiger partial charge in [0.2, 0.25) is 10.0 Å². The maximum absolute atomic E-state index is 13.5. The molecule has 1 rings (SSSR count). The van der Waals surface area contributed by atoms with E-state index < -0.39 is 15.8 Å². The summed E-state index contributed by atoms with van der Waals surface area (Å²) in [6.07, 6.45) is 0. The molecule has 1 aromatic rings. The number of hydrogen-bond acceptors (Lipinski definition) is 4. The van der Waals surface area contributed by atoms with E-state index in [0.717, 1.165) is 11.8 Å². The van der Waals surface area contributed by atoms with E-state index in [9.17, 15) is 12.8 Å². The van der Waals surface area contributed by atoms with E-state index in [2.05, 4.69) is 4.72 Å². The fourth-order valence-corrected chi connectivity index (χ4v) is 4.50. The molecule has 0 saturated carbocycles. The molecule has 0 amide bonds. The van der Waals surface area contributed by atoms with E-state index >= 15 is 0 Å². The van der Waals surface area contributed by atoms with Gasteiger partial charge in [-0.15, -0.1) is 0 Å². The van der Waals surface area contributed by atoms with Gasteiger partial charge in [-0.1, -0.05) is 6.92 Å². The molecule has 1 atom stereocenters. The molecule has 0 aliphatic heterocycles. The Labute approximate surface area is 124 Å². The van der Waals surface area contributed by atoms with Crippen molar-refractivity contribution in [2.24, 2.45) is 0 Å². The highest BCUT2D eigenvalue weighted by Crippen LogP contribution is 2.27. The van der Waals surface area contributed by atoms with Crippen molar-refractivity contribution >= 4 is 27.5 Å². The Morgan fingerprint density at radius 1 is 1.45 bits per heavy atom. The largest absolute Gasteiger partial charge is 0.396 e. The zero-order chi connectivity index (χ0) is 15.5. The number of halogens is 1. The Kier molecular flexibility index (Phi) is 5.85. The summed E-state index contributed by atoms with van der Waals surface area (Å²) in [6, 6.07) is 0.956. The van der Waals surface area contributed by atoms with E-state index in [1.54, 1.807) is 25.6 Å². The van der Waals surface area contributed by atoms with E-state index in [1.165, 1.54) is 6.92 Å². The molecule has 0 saturated heterocycles.